The van der Waals surface area contributed by atoms with Gasteiger partial charge in [-0.15, -0.1) is 0 Å². The Morgan fingerprint density at radius 3 is 2.79 bits per heavy atom. The molecule has 3 rings (SSSR count). The summed E-state index contributed by atoms with van der Waals surface area (Å²) in [6, 6.07) is 3.88. The molecular formula is C14H20N4O. The SMILES string of the molecule is CCOc1ccc2[nH]c(C3(C)CCNCC3)nc2n1. The van der Waals surface area contributed by atoms with Crippen molar-refractivity contribution in [2.24, 2.45) is 0 Å². The maximum absolute atomic E-state index is 5.42. The van der Waals surface area contributed by atoms with E-state index in [0.29, 0.717) is 12.5 Å². The van der Waals surface area contributed by atoms with Crippen LogP contribution in [0.5, 0.6) is 5.88 Å². The molecule has 2 N–H and O–H groups in total. The highest BCUT2D eigenvalue weighted by molar-refractivity contribution is 5.71. The number of ether oxygens (including phenoxy) is 1. The predicted octanol–water partition coefficient (Wildman–Crippen LogP) is 2.00. The summed E-state index contributed by atoms with van der Waals surface area (Å²) >= 11 is 0. The van der Waals surface area contributed by atoms with Crippen LogP contribution in [0.25, 0.3) is 11.2 Å². The number of H-pyrrole nitrogens is 1. The Kier molecular flexibility index (Phi) is 3.14. The Morgan fingerprint density at radius 2 is 2.05 bits per heavy atom. The van der Waals surface area contributed by atoms with Gasteiger partial charge in [0.05, 0.1) is 12.1 Å². The molecular weight excluding hydrogens is 240 g/mol. The van der Waals surface area contributed by atoms with Crippen molar-refractivity contribution in [2.75, 3.05) is 19.7 Å². The largest absolute Gasteiger partial charge is 0.478 e. The first-order valence-corrected chi connectivity index (χ1v) is 6.92. The summed E-state index contributed by atoms with van der Waals surface area (Å²) < 4.78 is 5.42. The van der Waals surface area contributed by atoms with Gasteiger partial charge >= 0.3 is 0 Å². The fourth-order valence-corrected chi connectivity index (χ4v) is 2.60. The fraction of sp³-hybridized carbons (Fsp3) is 0.571. The van der Waals surface area contributed by atoms with Crippen molar-refractivity contribution >= 4 is 11.2 Å². The van der Waals surface area contributed by atoms with Gasteiger partial charge in [0.1, 0.15) is 5.82 Å². The number of aromatic nitrogens is 3. The van der Waals surface area contributed by atoms with Crippen molar-refractivity contribution < 1.29 is 4.74 Å². The quantitative estimate of drug-likeness (QED) is 0.886. The van der Waals surface area contributed by atoms with Crippen molar-refractivity contribution in [1.29, 1.82) is 0 Å². The van der Waals surface area contributed by atoms with Gasteiger partial charge in [0.15, 0.2) is 5.65 Å². The second-order valence-electron chi connectivity index (χ2n) is 5.35. The second-order valence-corrected chi connectivity index (χ2v) is 5.35. The minimum absolute atomic E-state index is 0.123. The Bertz CT molecular complexity index is 572. The van der Waals surface area contributed by atoms with Crippen molar-refractivity contribution in [3.63, 3.8) is 0 Å². The average molecular weight is 260 g/mol. The van der Waals surface area contributed by atoms with Crippen LogP contribution in [0.1, 0.15) is 32.5 Å². The number of fused-ring (bicyclic) bond motifs is 1. The summed E-state index contributed by atoms with van der Waals surface area (Å²) in [6.45, 7) is 6.95. The number of aromatic amines is 1. The molecule has 1 fully saturated rings. The third kappa shape index (κ3) is 2.30. The molecule has 0 aromatic carbocycles. The standard InChI is InChI=1S/C14H20N4O/c1-3-19-11-5-4-10-12(17-11)18-13(16-10)14(2)6-8-15-9-7-14/h4-5,15H,3,6-9H2,1-2H3,(H,16,17,18). The minimum Gasteiger partial charge on any atom is -0.478 e. The van der Waals surface area contributed by atoms with Gasteiger partial charge in [0, 0.05) is 11.5 Å². The van der Waals surface area contributed by atoms with Crippen LogP contribution < -0.4 is 10.1 Å². The van der Waals surface area contributed by atoms with Crippen molar-refractivity contribution in [3.05, 3.63) is 18.0 Å². The number of hydrogen-bond acceptors (Lipinski definition) is 4. The minimum atomic E-state index is 0.123. The van der Waals surface area contributed by atoms with Gasteiger partial charge in [-0.3, -0.25) is 0 Å². The molecule has 0 saturated carbocycles. The molecule has 0 unspecified atom stereocenters. The molecule has 0 amide bonds. The molecule has 5 nitrogen and oxygen atoms in total. The number of imidazole rings is 1. The molecule has 1 aliphatic heterocycles. The monoisotopic (exact) mass is 260 g/mol. The third-order valence-corrected chi connectivity index (χ3v) is 3.89. The molecule has 0 radical (unpaired) electrons. The number of piperidine rings is 1. The van der Waals surface area contributed by atoms with E-state index in [0.717, 1.165) is 42.9 Å². The highest BCUT2D eigenvalue weighted by Gasteiger charge is 2.31. The molecule has 5 heteroatoms. The zero-order valence-electron chi connectivity index (χ0n) is 11.5. The lowest BCUT2D eigenvalue weighted by Crippen LogP contribution is -2.38. The average Bonchev–Trinajstić information content (AvgIpc) is 2.84. The van der Waals surface area contributed by atoms with E-state index in [2.05, 4.69) is 27.2 Å². The van der Waals surface area contributed by atoms with E-state index in [1.54, 1.807) is 0 Å². The summed E-state index contributed by atoms with van der Waals surface area (Å²) in [6.07, 6.45) is 2.20. The van der Waals surface area contributed by atoms with Gasteiger partial charge in [-0.05, 0) is 38.9 Å². The van der Waals surface area contributed by atoms with E-state index < -0.39 is 0 Å². The summed E-state index contributed by atoms with van der Waals surface area (Å²) in [5.41, 5.74) is 1.86. The molecule has 2 aromatic rings. The van der Waals surface area contributed by atoms with Crippen molar-refractivity contribution in [1.82, 2.24) is 20.3 Å². The Morgan fingerprint density at radius 1 is 1.26 bits per heavy atom. The molecule has 19 heavy (non-hydrogen) atoms. The van der Waals surface area contributed by atoms with E-state index in [4.69, 9.17) is 4.74 Å². The van der Waals surface area contributed by atoms with Crippen LogP contribution in [-0.4, -0.2) is 34.6 Å². The first kappa shape index (κ1) is 12.4. The van der Waals surface area contributed by atoms with Crippen molar-refractivity contribution in [2.45, 2.75) is 32.1 Å². The molecule has 0 aliphatic carbocycles. The molecule has 1 aliphatic rings. The maximum Gasteiger partial charge on any atom is 0.215 e. The highest BCUT2D eigenvalue weighted by Crippen LogP contribution is 2.32. The first-order valence-electron chi connectivity index (χ1n) is 6.92. The van der Waals surface area contributed by atoms with Gasteiger partial charge in [0.2, 0.25) is 5.88 Å². The van der Waals surface area contributed by atoms with Crippen LogP contribution in [0.3, 0.4) is 0 Å². The Hall–Kier alpha value is -1.62. The van der Waals surface area contributed by atoms with Gasteiger partial charge < -0.3 is 15.0 Å². The first-order chi connectivity index (χ1) is 9.21. The molecule has 102 valence electrons. The Balaban J connectivity index is 1.96. The lowest BCUT2D eigenvalue weighted by molar-refractivity contribution is 0.321. The lowest BCUT2D eigenvalue weighted by atomic mass is 9.80. The molecule has 3 heterocycles. The summed E-state index contributed by atoms with van der Waals surface area (Å²) in [7, 11) is 0. The van der Waals surface area contributed by atoms with E-state index in [1.165, 1.54) is 0 Å². The van der Waals surface area contributed by atoms with Crippen LogP contribution in [0.2, 0.25) is 0 Å². The van der Waals surface area contributed by atoms with Crippen LogP contribution in [0, 0.1) is 0 Å². The summed E-state index contributed by atoms with van der Waals surface area (Å²) in [4.78, 5) is 12.5. The van der Waals surface area contributed by atoms with Crippen molar-refractivity contribution in [3.8, 4) is 5.88 Å². The smallest absolute Gasteiger partial charge is 0.215 e. The molecule has 2 aromatic heterocycles. The topological polar surface area (TPSA) is 62.8 Å². The number of nitrogens with one attached hydrogen (secondary N) is 2. The Labute approximate surface area is 112 Å². The predicted molar refractivity (Wildman–Crippen MR) is 74.5 cm³/mol. The van der Waals surface area contributed by atoms with E-state index in [1.807, 2.05) is 19.1 Å². The zero-order chi connectivity index (χ0) is 13.3. The summed E-state index contributed by atoms with van der Waals surface area (Å²) in [5.74, 6) is 1.69. The molecule has 0 atom stereocenters. The molecule has 1 saturated heterocycles. The fourth-order valence-electron chi connectivity index (χ4n) is 2.60. The highest BCUT2D eigenvalue weighted by atomic mass is 16.5. The van der Waals surface area contributed by atoms with Gasteiger partial charge in [0.25, 0.3) is 0 Å². The van der Waals surface area contributed by atoms with Crippen LogP contribution in [0.4, 0.5) is 0 Å². The van der Waals surface area contributed by atoms with Crippen LogP contribution >= 0.6 is 0 Å². The third-order valence-electron chi connectivity index (χ3n) is 3.89. The second kappa shape index (κ2) is 4.81. The number of pyridine rings is 1. The van der Waals surface area contributed by atoms with E-state index in [-0.39, 0.29) is 5.41 Å². The van der Waals surface area contributed by atoms with E-state index >= 15 is 0 Å². The van der Waals surface area contributed by atoms with Gasteiger partial charge in [-0.25, -0.2) is 4.98 Å². The maximum atomic E-state index is 5.42. The van der Waals surface area contributed by atoms with Gasteiger partial charge in [-0.2, -0.15) is 4.98 Å². The van der Waals surface area contributed by atoms with Gasteiger partial charge in [-0.1, -0.05) is 6.92 Å². The molecule has 0 spiro atoms. The molecule has 0 bridgehead atoms. The summed E-state index contributed by atoms with van der Waals surface area (Å²) in [5, 5.41) is 3.39. The number of hydrogen-bond donors (Lipinski definition) is 2. The number of rotatable bonds is 3. The van der Waals surface area contributed by atoms with Crippen LogP contribution in [-0.2, 0) is 5.41 Å². The zero-order valence-corrected chi connectivity index (χ0v) is 11.5. The number of nitrogens with zero attached hydrogens (tertiary/aromatic N) is 2. The van der Waals surface area contributed by atoms with Crippen LogP contribution in [0.15, 0.2) is 12.1 Å². The van der Waals surface area contributed by atoms with E-state index in [9.17, 15) is 0 Å². The lowest BCUT2D eigenvalue weighted by Gasteiger charge is -2.31. The normalized spacial score (nSPS) is 18.6.